The largest absolute Gasteiger partial charge is 0.344 e. The average Bonchev–Trinajstić information content (AvgIpc) is 3.49. The minimum absolute atomic E-state index is 0.0175. The van der Waals surface area contributed by atoms with Crippen molar-refractivity contribution < 1.29 is 4.79 Å². The molecule has 3 aromatic rings. The van der Waals surface area contributed by atoms with Gasteiger partial charge in [-0.25, -0.2) is 4.98 Å². The number of nitrogens with one attached hydrogen (secondary N) is 2. The Balaban J connectivity index is 1.34. The lowest BCUT2D eigenvalue weighted by atomic mass is 10.0. The van der Waals surface area contributed by atoms with Crippen molar-refractivity contribution in [2.24, 2.45) is 5.92 Å². The van der Waals surface area contributed by atoms with Gasteiger partial charge >= 0.3 is 0 Å². The second-order valence-electron chi connectivity index (χ2n) is 7.63. The first kappa shape index (κ1) is 20.2. The summed E-state index contributed by atoms with van der Waals surface area (Å²) in [6.07, 6.45) is 6.19. The molecule has 152 valence electrons. The quantitative estimate of drug-likeness (QED) is 0.502. The highest BCUT2D eigenvalue weighted by atomic mass is 32.2. The summed E-state index contributed by atoms with van der Waals surface area (Å²) in [6.45, 7) is 2.07. The van der Waals surface area contributed by atoms with Gasteiger partial charge in [-0.15, -0.1) is 16.4 Å². The zero-order valence-corrected chi connectivity index (χ0v) is 18.2. The predicted molar refractivity (Wildman–Crippen MR) is 118 cm³/mol. The number of benzene rings is 1. The lowest BCUT2D eigenvalue weighted by Gasteiger charge is -2.18. The molecule has 1 amide bonds. The highest BCUT2D eigenvalue weighted by molar-refractivity contribution is 7.99. The van der Waals surface area contributed by atoms with E-state index < -0.39 is 0 Å². The summed E-state index contributed by atoms with van der Waals surface area (Å²) in [7, 11) is 0. The van der Waals surface area contributed by atoms with Crippen LogP contribution in [0.1, 0.15) is 53.6 Å². The van der Waals surface area contributed by atoms with Crippen molar-refractivity contribution in [1.29, 1.82) is 0 Å². The zero-order valence-electron chi connectivity index (χ0n) is 16.6. The number of aryl methyl sites for hydroxylation is 1. The summed E-state index contributed by atoms with van der Waals surface area (Å²) in [4.78, 5) is 18.3. The van der Waals surface area contributed by atoms with E-state index in [1.165, 1.54) is 43.0 Å². The first-order valence-corrected chi connectivity index (χ1v) is 12.0. The van der Waals surface area contributed by atoms with E-state index in [4.69, 9.17) is 0 Å². The zero-order chi connectivity index (χ0) is 20.1. The Morgan fingerprint density at radius 1 is 1.28 bits per heavy atom. The molecule has 2 heterocycles. The van der Waals surface area contributed by atoms with Crippen LogP contribution < -0.4 is 5.32 Å². The molecule has 1 aromatic carbocycles. The number of thiophene rings is 1. The van der Waals surface area contributed by atoms with E-state index in [1.54, 1.807) is 11.3 Å². The number of amides is 1. The Morgan fingerprint density at radius 2 is 2.07 bits per heavy atom. The number of aromatic amines is 1. The molecule has 1 aliphatic carbocycles. The van der Waals surface area contributed by atoms with E-state index in [9.17, 15) is 4.79 Å². The second-order valence-corrected chi connectivity index (χ2v) is 9.56. The average molecular weight is 427 g/mol. The van der Waals surface area contributed by atoms with Crippen molar-refractivity contribution in [3.8, 4) is 0 Å². The number of carbonyl (C=O) groups excluding carboxylic acids is 1. The van der Waals surface area contributed by atoms with Gasteiger partial charge in [0.05, 0.1) is 11.8 Å². The number of hydrogen-bond donors (Lipinski definition) is 2. The fourth-order valence-corrected chi connectivity index (χ4v) is 5.22. The minimum atomic E-state index is -0.131. The summed E-state index contributed by atoms with van der Waals surface area (Å²) in [6, 6.07) is 12.3. The highest BCUT2D eigenvalue weighted by Gasteiger charge is 2.20. The number of aromatic nitrogens is 3. The van der Waals surface area contributed by atoms with Gasteiger partial charge in [-0.3, -0.25) is 9.89 Å². The molecular formula is C22H26N4OS2. The standard InChI is InChI=1S/C22H26N4OS2/c1-15-8-10-17(11-9-15)21(18-7-4-12-28-18)24-20(27)14-29-22-23-19(25-26-22)13-16-5-2-3-6-16/h4,7-12,16,21H,2-3,5-6,13-14H2,1H3,(H,24,27)(H,23,25,26). The van der Waals surface area contributed by atoms with Crippen molar-refractivity contribution in [3.63, 3.8) is 0 Å². The SMILES string of the molecule is Cc1ccc(C(NC(=O)CSc2n[nH]c(CC3CCCC3)n2)c2cccs2)cc1. The number of nitrogens with zero attached hydrogens (tertiary/aromatic N) is 2. The van der Waals surface area contributed by atoms with E-state index in [1.807, 2.05) is 11.4 Å². The number of thioether (sulfide) groups is 1. The highest BCUT2D eigenvalue weighted by Crippen LogP contribution is 2.28. The number of rotatable bonds is 8. The molecule has 4 rings (SSSR count). The maximum Gasteiger partial charge on any atom is 0.231 e. The molecule has 0 radical (unpaired) electrons. The third kappa shape index (κ3) is 5.48. The molecule has 1 aliphatic rings. The van der Waals surface area contributed by atoms with Crippen molar-refractivity contribution in [1.82, 2.24) is 20.5 Å². The molecule has 0 bridgehead atoms. The van der Waals surface area contributed by atoms with E-state index in [-0.39, 0.29) is 11.9 Å². The summed E-state index contributed by atoms with van der Waals surface area (Å²) in [5.74, 6) is 1.95. The van der Waals surface area contributed by atoms with Crippen LogP contribution in [-0.4, -0.2) is 26.8 Å². The van der Waals surface area contributed by atoms with E-state index in [0.717, 1.165) is 28.6 Å². The smallest absolute Gasteiger partial charge is 0.231 e. The lowest BCUT2D eigenvalue weighted by molar-refractivity contribution is -0.119. The first-order valence-electron chi connectivity index (χ1n) is 10.1. The minimum Gasteiger partial charge on any atom is -0.344 e. The third-order valence-electron chi connectivity index (χ3n) is 5.34. The number of carbonyl (C=O) groups is 1. The molecule has 0 spiro atoms. The Kier molecular flexibility index (Phi) is 6.67. The van der Waals surface area contributed by atoms with Crippen molar-refractivity contribution in [3.05, 3.63) is 63.6 Å². The molecule has 0 saturated heterocycles. The Bertz CT molecular complexity index is 915. The fourth-order valence-electron chi connectivity index (χ4n) is 3.79. The monoisotopic (exact) mass is 426 g/mol. The van der Waals surface area contributed by atoms with Gasteiger partial charge in [0.15, 0.2) is 0 Å². The lowest BCUT2D eigenvalue weighted by Crippen LogP contribution is -2.30. The predicted octanol–water partition coefficient (Wildman–Crippen LogP) is 4.91. The topological polar surface area (TPSA) is 70.7 Å². The molecule has 0 aliphatic heterocycles. The van der Waals surface area contributed by atoms with Crippen LogP contribution in [0.2, 0.25) is 0 Å². The van der Waals surface area contributed by atoms with Crippen molar-refractivity contribution >= 4 is 29.0 Å². The van der Waals surface area contributed by atoms with E-state index in [0.29, 0.717) is 10.9 Å². The maximum absolute atomic E-state index is 12.7. The van der Waals surface area contributed by atoms with Crippen molar-refractivity contribution in [2.45, 2.75) is 50.2 Å². The first-order chi connectivity index (χ1) is 14.2. The number of H-pyrrole nitrogens is 1. The van der Waals surface area contributed by atoms with Gasteiger partial charge in [0.1, 0.15) is 5.82 Å². The second kappa shape index (κ2) is 9.59. The van der Waals surface area contributed by atoms with Crippen LogP contribution in [0.15, 0.2) is 46.9 Å². The molecule has 2 aromatic heterocycles. The van der Waals surface area contributed by atoms with Crippen LogP contribution >= 0.6 is 23.1 Å². The van der Waals surface area contributed by atoms with Crippen LogP contribution in [-0.2, 0) is 11.2 Å². The van der Waals surface area contributed by atoms with Crippen LogP contribution in [0.5, 0.6) is 0 Å². The Labute approximate surface area is 179 Å². The van der Waals surface area contributed by atoms with Gasteiger partial charge in [0.2, 0.25) is 11.1 Å². The molecule has 1 fully saturated rings. The van der Waals surface area contributed by atoms with Crippen molar-refractivity contribution in [2.75, 3.05) is 5.75 Å². The van der Waals surface area contributed by atoms with Crippen LogP contribution in [0, 0.1) is 12.8 Å². The van der Waals surface area contributed by atoms with Crippen LogP contribution in [0.25, 0.3) is 0 Å². The normalized spacial score (nSPS) is 15.5. The van der Waals surface area contributed by atoms with Gasteiger partial charge in [-0.1, -0.05) is 73.3 Å². The van der Waals surface area contributed by atoms with Gasteiger partial charge in [-0.05, 0) is 29.9 Å². The molecule has 1 saturated carbocycles. The molecular weight excluding hydrogens is 400 g/mol. The molecule has 2 N–H and O–H groups in total. The molecule has 7 heteroatoms. The van der Waals surface area contributed by atoms with Gasteiger partial charge in [0.25, 0.3) is 0 Å². The maximum atomic E-state index is 12.7. The van der Waals surface area contributed by atoms with E-state index in [2.05, 4.69) is 57.8 Å². The van der Waals surface area contributed by atoms with Crippen LogP contribution in [0.3, 0.4) is 0 Å². The molecule has 29 heavy (non-hydrogen) atoms. The summed E-state index contributed by atoms with van der Waals surface area (Å²) in [5, 5.41) is 13.2. The molecule has 5 nitrogen and oxygen atoms in total. The summed E-state index contributed by atoms with van der Waals surface area (Å²) >= 11 is 3.04. The fraction of sp³-hybridized carbons (Fsp3) is 0.409. The van der Waals surface area contributed by atoms with Crippen LogP contribution in [0.4, 0.5) is 0 Å². The van der Waals surface area contributed by atoms with Gasteiger partial charge in [-0.2, -0.15) is 0 Å². The molecule has 1 unspecified atom stereocenters. The third-order valence-corrected chi connectivity index (χ3v) is 7.13. The Hall–Kier alpha value is -2.12. The van der Waals surface area contributed by atoms with Gasteiger partial charge in [0, 0.05) is 11.3 Å². The number of hydrogen-bond acceptors (Lipinski definition) is 5. The van der Waals surface area contributed by atoms with E-state index >= 15 is 0 Å². The Morgan fingerprint density at radius 3 is 2.79 bits per heavy atom. The molecule has 1 atom stereocenters. The summed E-state index contributed by atoms with van der Waals surface area (Å²) < 4.78 is 0. The van der Waals surface area contributed by atoms with Gasteiger partial charge < -0.3 is 5.32 Å². The summed E-state index contributed by atoms with van der Waals surface area (Å²) in [5.41, 5.74) is 2.30.